The minimum Gasteiger partial charge on any atom is -0.378 e. The molecule has 0 aromatic carbocycles. The smallest absolute Gasteiger partial charge is 0.243 e. The number of hydrogen-bond donors (Lipinski definition) is 3. The first kappa shape index (κ1) is 21.8. The van der Waals surface area contributed by atoms with Crippen molar-refractivity contribution in [3.63, 3.8) is 0 Å². The van der Waals surface area contributed by atoms with E-state index in [2.05, 4.69) is 32.6 Å². The minimum atomic E-state index is -0.518. The Morgan fingerprint density at radius 1 is 1.39 bits per heavy atom. The van der Waals surface area contributed by atoms with E-state index in [1.165, 1.54) is 0 Å². The van der Waals surface area contributed by atoms with Gasteiger partial charge in [0.1, 0.15) is 17.5 Å². The molecule has 2 heterocycles. The zero-order valence-electron chi connectivity index (χ0n) is 16.6. The van der Waals surface area contributed by atoms with Gasteiger partial charge in [-0.25, -0.2) is 15.0 Å². The lowest BCUT2D eigenvalue weighted by molar-refractivity contribution is -0.154. The van der Waals surface area contributed by atoms with Crippen LogP contribution in [0.5, 0.6) is 0 Å². The van der Waals surface area contributed by atoms with Crippen LogP contribution in [0.15, 0.2) is 6.07 Å². The van der Waals surface area contributed by atoms with Gasteiger partial charge in [-0.15, -0.1) is 0 Å². The summed E-state index contributed by atoms with van der Waals surface area (Å²) in [5.41, 5.74) is 5.47. The Morgan fingerprint density at radius 3 is 2.82 bits per heavy atom. The molecule has 0 spiro atoms. The molecule has 1 aromatic heterocycles. The molecule has 2 amide bonds. The van der Waals surface area contributed by atoms with Crippen LogP contribution in [-0.4, -0.2) is 65.4 Å². The lowest BCUT2D eigenvalue weighted by atomic mass is 10.0. The third-order valence-electron chi connectivity index (χ3n) is 4.53. The zero-order chi connectivity index (χ0) is 20.4. The normalized spacial score (nSPS) is 15.0. The number of carbonyl (C=O) groups excluding carboxylic acids is 2. The monoisotopic (exact) mass is 394 g/mol. The fourth-order valence-corrected chi connectivity index (χ4v) is 3.01. The van der Waals surface area contributed by atoms with Crippen LogP contribution in [-0.2, 0) is 14.3 Å². The zero-order valence-corrected chi connectivity index (χ0v) is 16.6. The maximum absolute atomic E-state index is 12.5. The Balaban J connectivity index is 1.98. The van der Waals surface area contributed by atoms with Crippen LogP contribution in [0.4, 0.5) is 11.6 Å². The Morgan fingerprint density at radius 2 is 2.14 bits per heavy atom. The van der Waals surface area contributed by atoms with Gasteiger partial charge in [-0.1, -0.05) is 26.2 Å². The summed E-state index contributed by atoms with van der Waals surface area (Å²) in [6.45, 7) is 6.61. The van der Waals surface area contributed by atoms with E-state index in [-0.39, 0.29) is 12.5 Å². The molecule has 0 aliphatic carbocycles. The lowest BCUT2D eigenvalue weighted by Crippen LogP contribution is -2.40. The van der Waals surface area contributed by atoms with Gasteiger partial charge in [-0.2, -0.15) is 0 Å². The Hall–Kier alpha value is -2.46. The highest BCUT2D eigenvalue weighted by Crippen LogP contribution is 2.17. The predicted octanol–water partition coefficient (Wildman–Crippen LogP) is 1.11. The van der Waals surface area contributed by atoms with Gasteiger partial charge < -0.3 is 9.64 Å². The molecule has 1 atom stereocenters. The van der Waals surface area contributed by atoms with E-state index in [9.17, 15) is 14.8 Å². The maximum Gasteiger partial charge on any atom is 0.243 e. The second-order valence-corrected chi connectivity index (χ2v) is 6.79. The molecule has 3 N–H and O–H groups in total. The average Bonchev–Trinajstić information content (AvgIpc) is 2.71. The first-order valence-corrected chi connectivity index (χ1v) is 9.68. The van der Waals surface area contributed by atoms with Gasteiger partial charge in [-0.3, -0.25) is 25.6 Å². The second-order valence-electron chi connectivity index (χ2n) is 6.79. The number of hydroxylamine groups is 2. The fraction of sp³-hybridized carbons (Fsp3) is 0.667. The van der Waals surface area contributed by atoms with Crippen LogP contribution in [0.2, 0.25) is 0 Å². The lowest BCUT2D eigenvalue weighted by Gasteiger charge is -2.28. The molecule has 0 radical (unpaired) electrons. The van der Waals surface area contributed by atoms with E-state index in [1.54, 1.807) is 13.0 Å². The number of hydrogen-bond acceptors (Lipinski definition) is 8. The molecule has 28 heavy (non-hydrogen) atoms. The summed E-state index contributed by atoms with van der Waals surface area (Å²) in [6, 6.07) is 1.77. The summed E-state index contributed by atoms with van der Waals surface area (Å²) >= 11 is 0. The van der Waals surface area contributed by atoms with Crippen molar-refractivity contribution in [2.75, 3.05) is 43.2 Å². The number of morpholine rings is 1. The number of aromatic nitrogens is 2. The highest BCUT2D eigenvalue weighted by molar-refractivity contribution is 5.80. The summed E-state index contributed by atoms with van der Waals surface area (Å²) in [4.78, 5) is 34.1. The van der Waals surface area contributed by atoms with Crippen molar-refractivity contribution in [3.05, 3.63) is 11.9 Å². The minimum absolute atomic E-state index is 0.0530. The molecule has 1 aliphatic heterocycles. The first-order valence-electron chi connectivity index (χ1n) is 9.68. The highest BCUT2D eigenvalue weighted by Gasteiger charge is 2.21. The molecule has 1 saturated heterocycles. The number of carbonyl (C=O) groups is 2. The molecule has 2 rings (SSSR count). The Labute approximate surface area is 165 Å². The number of anilines is 2. The van der Waals surface area contributed by atoms with Crippen LogP contribution >= 0.6 is 0 Å². The summed E-state index contributed by atoms with van der Waals surface area (Å²) in [6.07, 6.45) is 3.73. The third-order valence-corrected chi connectivity index (χ3v) is 4.53. The molecule has 1 fully saturated rings. The number of hydrazine groups is 1. The summed E-state index contributed by atoms with van der Waals surface area (Å²) in [5, 5.41) is 9.97. The number of unbranched alkanes of at least 4 members (excludes halogenated alkanes) is 2. The highest BCUT2D eigenvalue weighted by atomic mass is 16.5. The standard InChI is InChI=1S/C18H30N6O4/c1-3-4-5-6-15(12-24(27)13-25)18(26)22-21-16-11-17(20-14(2)19-16)23-7-9-28-10-8-23/h11,13,15,27H,3-10,12H2,1-2H3,(H,22,26)(H,19,20,21)/t15-/m1/s1. The Bertz CT molecular complexity index is 639. The molecule has 0 saturated carbocycles. The molecule has 0 bridgehead atoms. The maximum atomic E-state index is 12.5. The van der Waals surface area contributed by atoms with Crippen molar-refractivity contribution in [1.29, 1.82) is 0 Å². The average molecular weight is 394 g/mol. The summed E-state index contributed by atoms with van der Waals surface area (Å²) < 4.78 is 5.36. The number of nitrogens with zero attached hydrogens (tertiary/aromatic N) is 4. The quantitative estimate of drug-likeness (QED) is 0.221. The van der Waals surface area contributed by atoms with Crippen LogP contribution in [0.1, 0.15) is 38.4 Å². The summed E-state index contributed by atoms with van der Waals surface area (Å²) in [7, 11) is 0. The van der Waals surface area contributed by atoms with Gasteiger partial charge >= 0.3 is 0 Å². The molecular formula is C18H30N6O4. The van der Waals surface area contributed by atoms with E-state index >= 15 is 0 Å². The van der Waals surface area contributed by atoms with Gasteiger partial charge in [0.15, 0.2) is 0 Å². The number of amides is 2. The fourth-order valence-electron chi connectivity index (χ4n) is 3.01. The van der Waals surface area contributed by atoms with Gasteiger partial charge in [0, 0.05) is 19.2 Å². The van der Waals surface area contributed by atoms with E-state index in [1.807, 2.05) is 0 Å². The van der Waals surface area contributed by atoms with Gasteiger partial charge in [0.05, 0.1) is 25.7 Å². The second kappa shape index (κ2) is 11.4. The van der Waals surface area contributed by atoms with Crippen molar-refractivity contribution in [3.8, 4) is 0 Å². The SMILES string of the molecule is CCCCC[C@H](CN(O)C=O)C(=O)NNc1cc(N2CCOCC2)nc(C)n1. The molecule has 10 heteroatoms. The number of rotatable bonds is 11. The van der Waals surface area contributed by atoms with Crippen molar-refractivity contribution in [2.24, 2.45) is 5.92 Å². The van der Waals surface area contributed by atoms with E-state index < -0.39 is 5.92 Å². The molecule has 156 valence electrons. The van der Waals surface area contributed by atoms with Crippen LogP contribution < -0.4 is 15.8 Å². The van der Waals surface area contributed by atoms with E-state index in [4.69, 9.17) is 4.74 Å². The number of aryl methyl sites for hydroxylation is 1. The topological polar surface area (TPSA) is 120 Å². The van der Waals surface area contributed by atoms with E-state index in [0.29, 0.717) is 42.8 Å². The van der Waals surface area contributed by atoms with Crippen molar-refractivity contribution in [1.82, 2.24) is 20.5 Å². The van der Waals surface area contributed by atoms with E-state index in [0.717, 1.165) is 38.2 Å². The van der Waals surface area contributed by atoms with Gasteiger partial charge in [0.25, 0.3) is 0 Å². The van der Waals surface area contributed by atoms with Crippen LogP contribution in [0.25, 0.3) is 0 Å². The third kappa shape index (κ3) is 6.93. The molecule has 1 aliphatic rings. The number of ether oxygens (including phenoxy) is 1. The predicted molar refractivity (Wildman–Crippen MR) is 104 cm³/mol. The summed E-state index contributed by atoms with van der Waals surface area (Å²) in [5.74, 6) is 1.01. The molecule has 1 aromatic rings. The van der Waals surface area contributed by atoms with Crippen molar-refractivity contribution < 1.29 is 19.5 Å². The molecular weight excluding hydrogens is 364 g/mol. The van der Waals surface area contributed by atoms with Gasteiger partial charge in [0.2, 0.25) is 12.3 Å². The number of nitrogens with one attached hydrogen (secondary N) is 2. The van der Waals surface area contributed by atoms with Crippen LogP contribution in [0.3, 0.4) is 0 Å². The van der Waals surface area contributed by atoms with Gasteiger partial charge in [-0.05, 0) is 13.3 Å². The Kier molecular flexibility index (Phi) is 8.89. The largest absolute Gasteiger partial charge is 0.378 e. The molecule has 0 unspecified atom stereocenters. The van der Waals surface area contributed by atoms with Crippen LogP contribution in [0, 0.1) is 12.8 Å². The van der Waals surface area contributed by atoms with Crippen molar-refractivity contribution in [2.45, 2.75) is 39.5 Å². The first-order chi connectivity index (χ1) is 13.5. The molecule has 10 nitrogen and oxygen atoms in total. The van der Waals surface area contributed by atoms with Crippen molar-refractivity contribution >= 4 is 24.0 Å².